The lowest BCUT2D eigenvalue weighted by molar-refractivity contribution is -0.120. The molecule has 3 aromatic rings. The first-order chi connectivity index (χ1) is 14.9. The fourth-order valence-corrected chi connectivity index (χ4v) is 3.03. The first-order valence-electron chi connectivity index (χ1n) is 10.4. The number of amides is 1. The lowest BCUT2D eigenvalue weighted by Gasteiger charge is -2.14. The van der Waals surface area contributed by atoms with Crippen LogP contribution in [0.4, 0.5) is 17.6 Å². The molecule has 0 aliphatic carbocycles. The van der Waals surface area contributed by atoms with Gasteiger partial charge in [0.05, 0.1) is 19.7 Å². The zero-order valence-electron chi connectivity index (χ0n) is 18.8. The number of carbonyl (C=O) groups excluding carboxylic acids is 1. The van der Waals surface area contributed by atoms with Crippen molar-refractivity contribution in [2.75, 3.05) is 37.5 Å². The molecule has 0 aliphatic heterocycles. The third kappa shape index (κ3) is 5.46. The van der Waals surface area contributed by atoms with E-state index in [1.807, 2.05) is 56.6 Å². The summed E-state index contributed by atoms with van der Waals surface area (Å²) in [7, 11) is 3.77. The molecule has 0 fully saturated rings. The van der Waals surface area contributed by atoms with E-state index in [-0.39, 0.29) is 12.5 Å². The quantitative estimate of drug-likeness (QED) is 0.476. The Bertz CT molecular complexity index is 1050. The Kier molecular flexibility index (Phi) is 7.35. The minimum absolute atomic E-state index is 0.0405. The van der Waals surface area contributed by atoms with E-state index in [9.17, 15) is 4.79 Å². The fraction of sp³-hybridized carbons (Fsp3) is 0.476. The van der Waals surface area contributed by atoms with E-state index in [0.717, 1.165) is 11.1 Å². The summed E-state index contributed by atoms with van der Waals surface area (Å²) in [5.41, 5.74) is 3.19. The molecule has 0 saturated carbocycles. The Morgan fingerprint density at radius 2 is 2.06 bits per heavy atom. The number of nitrogens with one attached hydrogen (secondary N) is 2. The number of ether oxygens (including phenoxy) is 1. The van der Waals surface area contributed by atoms with Crippen molar-refractivity contribution in [2.45, 2.75) is 40.3 Å². The number of fused-ring (bicyclic) bond motifs is 1. The minimum Gasteiger partial charge on any atom is -0.380 e. The Labute approximate surface area is 182 Å². The number of rotatable bonds is 10. The molecule has 31 heavy (non-hydrogen) atoms. The van der Waals surface area contributed by atoms with Crippen LogP contribution in [0.25, 0.3) is 11.0 Å². The van der Waals surface area contributed by atoms with E-state index >= 15 is 0 Å². The van der Waals surface area contributed by atoms with E-state index in [0.29, 0.717) is 55.0 Å². The van der Waals surface area contributed by atoms with Gasteiger partial charge < -0.3 is 20.3 Å². The smallest absolute Gasteiger partial charge is 0.227 e. The highest BCUT2D eigenvalue weighted by atomic mass is 16.5. The Morgan fingerprint density at radius 3 is 2.74 bits per heavy atom. The van der Waals surface area contributed by atoms with Crippen molar-refractivity contribution in [3.63, 3.8) is 0 Å². The Balaban J connectivity index is 2.11. The van der Waals surface area contributed by atoms with Gasteiger partial charge in [-0.15, -0.1) is 0 Å². The van der Waals surface area contributed by atoms with Crippen LogP contribution in [-0.4, -0.2) is 57.9 Å². The number of aryl methyl sites for hydroxylation is 1. The van der Waals surface area contributed by atoms with Gasteiger partial charge in [0.15, 0.2) is 5.82 Å². The predicted octanol–water partition coefficient (Wildman–Crippen LogP) is 2.40. The minimum atomic E-state index is -0.0405. The number of hydrogen-bond acceptors (Lipinski definition) is 8. The summed E-state index contributed by atoms with van der Waals surface area (Å²) in [5.74, 6) is 1.78. The van der Waals surface area contributed by atoms with Crippen LogP contribution in [0, 0.1) is 6.92 Å². The molecule has 0 saturated heterocycles. The molecule has 3 heterocycles. The van der Waals surface area contributed by atoms with Crippen LogP contribution < -0.4 is 15.5 Å². The zero-order valence-corrected chi connectivity index (χ0v) is 18.8. The molecule has 166 valence electrons. The van der Waals surface area contributed by atoms with Gasteiger partial charge >= 0.3 is 0 Å². The first-order valence-corrected chi connectivity index (χ1v) is 10.4. The number of pyridine rings is 1. The van der Waals surface area contributed by atoms with Crippen LogP contribution in [0.5, 0.6) is 0 Å². The van der Waals surface area contributed by atoms with Crippen molar-refractivity contribution in [1.29, 1.82) is 0 Å². The summed E-state index contributed by atoms with van der Waals surface area (Å²) in [6, 6.07) is 3.89. The van der Waals surface area contributed by atoms with Gasteiger partial charge in [-0.3, -0.25) is 9.48 Å². The van der Waals surface area contributed by atoms with Gasteiger partial charge in [0.25, 0.3) is 0 Å². The molecule has 0 atom stereocenters. The lowest BCUT2D eigenvalue weighted by Crippen LogP contribution is -2.22. The molecule has 0 spiro atoms. The first kappa shape index (κ1) is 22.4. The Hall–Kier alpha value is -3.27. The molecule has 0 aromatic carbocycles. The van der Waals surface area contributed by atoms with Crippen molar-refractivity contribution in [2.24, 2.45) is 0 Å². The molecule has 3 aromatic heterocycles. The van der Waals surface area contributed by atoms with Crippen molar-refractivity contribution in [3.05, 3.63) is 29.6 Å². The number of aromatic nitrogens is 5. The molecule has 2 N–H and O–H groups in total. The molecule has 10 nitrogen and oxygen atoms in total. The second-order valence-corrected chi connectivity index (χ2v) is 7.30. The second kappa shape index (κ2) is 10.2. The van der Waals surface area contributed by atoms with Crippen LogP contribution in [-0.2, 0) is 22.6 Å². The summed E-state index contributed by atoms with van der Waals surface area (Å²) in [4.78, 5) is 27.5. The van der Waals surface area contributed by atoms with E-state index < -0.39 is 0 Å². The average molecular weight is 427 g/mol. The van der Waals surface area contributed by atoms with Gasteiger partial charge in [-0.2, -0.15) is 10.1 Å². The van der Waals surface area contributed by atoms with Crippen molar-refractivity contribution >= 4 is 34.5 Å². The number of carbonyl (C=O) groups is 1. The van der Waals surface area contributed by atoms with Gasteiger partial charge in [-0.05, 0) is 31.5 Å². The van der Waals surface area contributed by atoms with Crippen LogP contribution in [0.2, 0.25) is 0 Å². The highest BCUT2D eigenvalue weighted by Gasteiger charge is 2.20. The SMILES string of the molecule is CCOCCn1nc(CNC(=O)CC)c2nc(N(C)C)nc(Nc3cc(C)ccn3)c21. The van der Waals surface area contributed by atoms with E-state index in [2.05, 4.69) is 15.6 Å². The molecular weight excluding hydrogens is 396 g/mol. The highest BCUT2D eigenvalue weighted by molar-refractivity contribution is 5.90. The third-order valence-corrected chi connectivity index (χ3v) is 4.63. The molecule has 0 bridgehead atoms. The molecule has 1 amide bonds. The highest BCUT2D eigenvalue weighted by Crippen LogP contribution is 2.28. The van der Waals surface area contributed by atoms with Gasteiger partial charge in [0.1, 0.15) is 22.5 Å². The summed E-state index contributed by atoms with van der Waals surface area (Å²) < 4.78 is 7.36. The van der Waals surface area contributed by atoms with Crippen molar-refractivity contribution in [1.82, 2.24) is 30.0 Å². The molecular formula is C21H30N8O2. The zero-order chi connectivity index (χ0) is 22.4. The average Bonchev–Trinajstić information content (AvgIpc) is 3.10. The van der Waals surface area contributed by atoms with Crippen molar-refractivity contribution in [3.8, 4) is 0 Å². The molecule has 0 radical (unpaired) electrons. The molecule has 3 rings (SSSR count). The maximum Gasteiger partial charge on any atom is 0.227 e. The maximum atomic E-state index is 11.8. The second-order valence-electron chi connectivity index (χ2n) is 7.30. The molecule has 10 heteroatoms. The number of anilines is 3. The molecule has 0 unspecified atom stereocenters. The number of hydrogen-bond donors (Lipinski definition) is 2. The van der Waals surface area contributed by atoms with Crippen LogP contribution in [0.15, 0.2) is 18.3 Å². The van der Waals surface area contributed by atoms with Crippen LogP contribution in [0.3, 0.4) is 0 Å². The van der Waals surface area contributed by atoms with Crippen LogP contribution >= 0.6 is 0 Å². The van der Waals surface area contributed by atoms with E-state index in [1.54, 1.807) is 6.20 Å². The Morgan fingerprint density at radius 1 is 1.26 bits per heavy atom. The topological polar surface area (TPSA) is 110 Å². The van der Waals surface area contributed by atoms with Gasteiger partial charge in [0, 0.05) is 33.3 Å². The monoisotopic (exact) mass is 426 g/mol. The standard InChI is InChI=1S/C21H30N8O2/c1-6-17(30)23-13-15-18-19(29(27-15)10-11-31-7-2)20(26-21(25-18)28(4)5)24-16-12-14(3)8-9-22-16/h8-9,12H,6-7,10-11,13H2,1-5H3,(H,23,30)(H,22,24,25,26). The maximum absolute atomic E-state index is 11.8. The van der Waals surface area contributed by atoms with Crippen LogP contribution in [0.1, 0.15) is 31.5 Å². The number of nitrogens with zero attached hydrogens (tertiary/aromatic N) is 6. The predicted molar refractivity (Wildman–Crippen MR) is 121 cm³/mol. The lowest BCUT2D eigenvalue weighted by atomic mass is 10.3. The summed E-state index contributed by atoms with van der Waals surface area (Å²) in [6.45, 7) is 7.73. The third-order valence-electron chi connectivity index (χ3n) is 4.63. The fourth-order valence-electron chi connectivity index (χ4n) is 3.03. The van der Waals surface area contributed by atoms with E-state index in [1.165, 1.54) is 0 Å². The summed E-state index contributed by atoms with van der Waals surface area (Å²) >= 11 is 0. The summed E-state index contributed by atoms with van der Waals surface area (Å²) in [6.07, 6.45) is 2.16. The van der Waals surface area contributed by atoms with E-state index in [4.69, 9.17) is 19.8 Å². The van der Waals surface area contributed by atoms with Gasteiger partial charge in [0.2, 0.25) is 11.9 Å². The van der Waals surface area contributed by atoms with Crippen molar-refractivity contribution < 1.29 is 9.53 Å². The normalized spacial score (nSPS) is 11.0. The van der Waals surface area contributed by atoms with Gasteiger partial charge in [-0.1, -0.05) is 6.92 Å². The summed E-state index contributed by atoms with van der Waals surface area (Å²) in [5, 5.41) is 10.9. The molecule has 0 aliphatic rings. The largest absolute Gasteiger partial charge is 0.380 e. The van der Waals surface area contributed by atoms with Gasteiger partial charge in [-0.25, -0.2) is 9.97 Å².